The van der Waals surface area contributed by atoms with E-state index < -0.39 is 6.10 Å². The highest BCUT2D eigenvalue weighted by Gasteiger charge is 2.11. The summed E-state index contributed by atoms with van der Waals surface area (Å²) in [5.74, 6) is 0.131. The average Bonchev–Trinajstić information content (AvgIpc) is 2.03. The van der Waals surface area contributed by atoms with Crippen LogP contribution < -0.4 is 0 Å². The van der Waals surface area contributed by atoms with Crippen molar-refractivity contribution in [3.8, 4) is 6.07 Å². The lowest BCUT2D eigenvalue weighted by atomic mass is 9.98. The second kappa shape index (κ2) is 6.18. The number of nitriles is 1. The van der Waals surface area contributed by atoms with Gasteiger partial charge < -0.3 is 5.11 Å². The van der Waals surface area contributed by atoms with Crippen LogP contribution in [0.1, 0.15) is 39.5 Å². The second-order valence-electron chi connectivity index (χ2n) is 3.05. The fourth-order valence-electron chi connectivity index (χ4n) is 1.00. The van der Waals surface area contributed by atoms with E-state index in [0.29, 0.717) is 0 Å². The van der Waals surface area contributed by atoms with Crippen molar-refractivity contribution in [2.45, 2.75) is 45.6 Å². The first-order valence-corrected chi connectivity index (χ1v) is 4.30. The normalized spacial score (nSPS) is 15.5. The fraction of sp³-hybridized carbons (Fsp3) is 0.889. The molecule has 0 saturated heterocycles. The van der Waals surface area contributed by atoms with Crippen LogP contribution in [0, 0.1) is 17.2 Å². The van der Waals surface area contributed by atoms with Gasteiger partial charge in [0.1, 0.15) is 6.10 Å². The summed E-state index contributed by atoms with van der Waals surface area (Å²) in [5, 5.41) is 17.4. The van der Waals surface area contributed by atoms with Crippen LogP contribution in [-0.2, 0) is 0 Å². The molecule has 0 aromatic rings. The van der Waals surface area contributed by atoms with Gasteiger partial charge in [-0.25, -0.2) is 0 Å². The molecular formula is C9H17NO. The number of hydrogen-bond acceptors (Lipinski definition) is 2. The van der Waals surface area contributed by atoms with Crippen LogP contribution in [0.15, 0.2) is 0 Å². The predicted molar refractivity (Wildman–Crippen MR) is 44.9 cm³/mol. The molecule has 1 N–H and O–H groups in total. The van der Waals surface area contributed by atoms with Crippen molar-refractivity contribution in [3.05, 3.63) is 0 Å². The van der Waals surface area contributed by atoms with Gasteiger partial charge in [0.05, 0.1) is 6.07 Å². The summed E-state index contributed by atoms with van der Waals surface area (Å²) >= 11 is 0. The molecule has 0 spiro atoms. The number of hydrogen-bond donors (Lipinski definition) is 1. The molecule has 64 valence electrons. The zero-order valence-electron chi connectivity index (χ0n) is 7.38. The third kappa shape index (κ3) is 4.80. The molecule has 0 amide bonds. The van der Waals surface area contributed by atoms with Crippen LogP contribution in [0.25, 0.3) is 0 Å². The van der Waals surface area contributed by atoms with E-state index in [-0.39, 0.29) is 5.92 Å². The maximum absolute atomic E-state index is 9.06. The summed E-state index contributed by atoms with van der Waals surface area (Å²) in [7, 11) is 0. The Hall–Kier alpha value is -0.550. The van der Waals surface area contributed by atoms with Crippen molar-refractivity contribution < 1.29 is 5.11 Å². The highest BCUT2D eigenvalue weighted by atomic mass is 16.3. The first kappa shape index (κ1) is 10.4. The fourth-order valence-corrected chi connectivity index (χ4v) is 1.00. The van der Waals surface area contributed by atoms with Gasteiger partial charge in [-0.2, -0.15) is 5.26 Å². The second-order valence-corrected chi connectivity index (χ2v) is 3.05. The summed E-state index contributed by atoms with van der Waals surface area (Å²) in [6, 6.07) is 1.85. The van der Waals surface area contributed by atoms with Crippen LogP contribution in [0.3, 0.4) is 0 Å². The SMILES string of the molecule is CCCCC[C@H](C)C(O)C#N. The summed E-state index contributed by atoms with van der Waals surface area (Å²) in [6.45, 7) is 4.06. The minimum absolute atomic E-state index is 0.131. The molecule has 2 heteroatoms. The number of nitrogens with zero attached hydrogens (tertiary/aromatic N) is 1. The summed E-state index contributed by atoms with van der Waals surface area (Å²) in [5.41, 5.74) is 0. The summed E-state index contributed by atoms with van der Waals surface area (Å²) in [6.07, 6.45) is 3.70. The van der Waals surface area contributed by atoms with E-state index in [4.69, 9.17) is 10.4 Å². The Bertz CT molecular complexity index is 128. The Balaban J connectivity index is 3.37. The Morgan fingerprint density at radius 3 is 2.55 bits per heavy atom. The smallest absolute Gasteiger partial charge is 0.143 e. The third-order valence-electron chi connectivity index (χ3n) is 1.93. The van der Waals surface area contributed by atoms with Gasteiger partial charge in [0.25, 0.3) is 0 Å². The van der Waals surface area contributed by atoms with Gasteiger partial charge in [0.15, 0.2) is 0 Å². The van der Waals surface area contributed by atoms with E-state index in [2.05, 4.69) is 6.92 Å². The molecule has 0 aliphatic carbocycles. The van der Waals surface area contributed by atoms with Gasteiger partial charge in [-0.3, -0.25) is 0 Å². The van der Waals surface area contributed by atoms with Crippen LogP contribution >= 0.6 is 0 Å². The van der Waals surface area contributed by atoms with Gasteiger partial charge in [-0.05, 0) is 12.3 Å². The number of rotatable bonds is 5. The zero-order valence-corrected chi connectivity index (χ0v) is 7.38. The molecule has 0 aliphatic rings. The minimum Gasteiger partial charge on any atom is -0.378 e. The zero-order chi connectivity index (χ0) is 8.69. The molecule has 0 aromatic heterocycles. The number of aliphatic hydroxyl groups is 1. The van der Waals surface area contributed by atoms with Crippen LogP contribution in [0.2, 0.25) is 0 Å². The Morgan fingerprint density at radius 1 is 1.45 bits per heavy atom. The topological polar surface area (TPSA) is 44.0 Å². The van der Waals surface area contributed by atoms with E-state index in [9.17, 15) is 0 Å². The minimum atomic E-state index is -0.771. The van der Waals surface area contributed by atoms with Gasteiger partial charge >= 0.3 is 0 Å². The lowest BCUT2D eigenvalue weighted by molar-refractivity contribution is 0.161. The Labute approximate surface area is 68.8 Å². The van der Waals surface area contributed by atoms with E-state index in [1.54, 1.807) is 0 Å². The van der Waals surface area contributed by atoms with Gasteiger partial charge in [0, 0.05) is 0 Å². The van der Waals surface area contributed by atoms with E-state index >= 15 is 0 Å². The van der Waals surface area contributed by atoms with Crippen LogP contribution in [-0.4, -0.2) is 11.2 Å². The quantitative estimate of drug-likeness (QED) is 0.488. The van der Waals surface area contributed by atoms with Crippen molar-refractivity contribution in [1.82, 2.24) is 0 Å². The highest BCUT2D eigenvalue weighted by Crippen LogP contribution is 2.12. The van der Waals surface area contributed by atoms with Crippen molar-refractivity contribution >= 4 is 0 Å². The van der Waals surface area contributed by atoms with Gasteiger partial charge in [-0.1, -0.05) is 33.1 Å². The molecule has 0 heterocycles. The molecule has 0 aromatic carbocycles. The van der Waals surface area contributed by atoms with Crippen molar-refractivity contribution in [3.63, 3.8) is 0 Å². The maximum atomic E-state index is 9.06. The lowest BCUT2D eigenvalue weighted by Gasteiger charge is -2.10. The van der Waals surface area contributed by atoms with Crippen molar-refractivity contribution in [2.24, 2.45) is 5.92 Å². The molecule has 2 nitrogen and oxygen atoms in total. The average molecular weight is 155 g/mol. The molecule has 11 heavy (non-hydrogen) atoms. The Kier molecular flexibility index (Phi) is 5.87. The molecule has 2 atom stereocenters. The molecule has 0 aliphatic heterocycles. The molecule has 0 saturated carbocycles. The van der Waals surface area contributed by atoms with E-state index in [1.165, 1.54) is 12.8 Å². The molecule has 0 rings (SSSR count). The monoisotopic (exact) mass is 155 g/mol. The van der Waals surface area contributed by atoms with Crippen LogP contribution in [0.4, 0.5) is 0 Å². The highest BCUT2D eigenvalue weighted by molar-refractivity contribution is 4.85. The van der Waals surface area contributed by atoms with Gasteiger partial charge in [0.2, 0.25) is 0 Å². The van der Waals surface area contributed by atoms with Crippen LogP contribution in [0.5, 0.6) is 0 Å². The molecule has 0 bridgehead atoms. The molecular weight excluding hydrogens is 138 g/mol. The van der Waals surface area contributed by atoms with Crippen molar-refractivity contribution in [1.29, 1.82) is 5.26 Å². The third-order valence-corrected chi connectivity index (χ3v) is 1.93. The first-order valence-electron chi connectivity index (χ1n) is 4.30. The summed E-state index contributed by atoms with van der Waals surface area (Å²) < 4.78 is 0. The standard InChI is InChI=1S/C9H17NO/c1-3-4-5-6-8(2)9(11)7-10/h8-9,11H,3-6H2,1-2H3/t8-,9?/m0/s1. The van der Waals surface area contributed by atoms with E-state index in [0.717, 1.165) is 12.8 Å². The summed E-state index contributed by atoms with van der Waals surface area (Å²) in [4.78, 5) is 0. The number of aliphatic hydroxyl groups excluding tert-OH is 1. The first-order chi connectivity index (χ1) is 5.22. The maximum Gasteiger partial charge on any atom is 0.143 e. The Morgan fingerprint density at radius 2 is 2.09 bits per heavy atom. The predicted octanol–water partition coefficient (Wildman–Crippen LogP) is 2.09. The van der Waals surface area contributed by atoms with Crippen molar-refractivity contribution in [2.75, 3.05) is 0 Å². The van der Waals surface area contributed by atoms with E-state index in [1.807, 2.05) is 13.0 Å². The lowest BCUT2D eigenvalue weighted by Crippen LogP contribution is -2.14. The number of unbranched alkanes of at least 4 members (excludes halogenated alkanes) is 2. The van der Waals surface area contributed by atoms with Gasteiger partial charge in [-0.15, -0.1) is 0 Å². The molecule has 1 unspecified atom stereocenters. The largest absolute Gasteiger partial charge is 0.378 e. The molecule has 0 fully saturated rings. The molecule has 0 radical (unpaired) electrons.